The molecule has 25 heavy (non-hydrogen) atoms. The average molecular weight is 357 g/mol. The molecular formula is C17H22F3N3O2. The van der Waals surface area contributed by atoms with E-state index < -0.39 is 23.5 Å². The van der Waals surface area contributed by atoms with E-state index in [4.69, 9.17) is 0 Å². The highest BCUT2D eigenvalue weighted by Crippen LogP contribution is 2.44. The van der Waals surface area contributed by atoms with Crippen LogP contribution in [0.3, 0.4) is 0 Å². The Bertz CT molecular complexity index is 659. The molecular weight excluding hydrogens is 335 g/mol. The third-order valence-corrected chi connectivity index (χ3v) is 4.55. The van der Waals surface area contributed by atoms with Crippen molar-refractivity contribution in [2.45, 2.75) is 38.9 Å². The van der Waals surface area contributed by atoms with E-state index in [1.807, 2.05) is 0 Å². The van der Waals surface area contributed by atoms with Crippen molar-refractivity contribution >= 4 is 23.2 Å². The van der Waals surface area contributed by atoms with Gasteiger partial charge in [-0.25, -0.2) is 0 Å². The van der Waals surface area contributed by atoms with Crippen molar-refractivity contribution in [3.63, 3.8) is 0 Å². The molecule has 2 amide bonds. The van der Waals surface area contributed by atoms with Crippen LogP contribution < -0.4 is 10.6 Å². The van der Waals surface area contributed by atoms with Crippen LogP contribution in [-0.2, 0) is 9.59 Å². The maximum atomic E-state index is 13.1. The highest BCUT2D eigenvalue weighted by atomic mass is 19.4. The monoisotopic (exact) mass is 357 g/mol. The number of alkyl halides is 3. The number of benzene rings is 1. The van der Waals surface area contributed by atoms with Gasteiger partial charge >= 0.3 is 6.18 Å². The van der Waals surface area contributed by atoms with Crippen molar-refractivity contribution < 1.29 is 22.8 Å². The first-order valence-corrected chi connectivity index (χ1v) is 7.99. The zero-order valence-electron chi connectivity index (χ0n) is 14.4. The van der Waals surface area contributed by atoms with E-state index in [0.717, 1.165) is 0 Å². The number of carbonyl (C=O) groups excluding carboxylic acids is 2. The lowest BCUT2D eigenvalue weighted by molar-refractivity contribution is -0.191. The summed E-state index contributed by atoms with van der Waals surface area (Å²) in [5.41, 5.74) is -0.127. The topological polar surface area (TPSA) is 61.4 Å². The lowest BCUT2D eigenvalue weighted by Crippen LogP contribution is -2.49. The molecule has 5 nitrogen and oxygen atoms in total. The molecule has 1 aromatic carbocycles. The lowest BCUT2D eigenvalue weighted by atomic mass is 9.88. The van der Waals surface area contributed by atoms with Crippen molar-refractivity contribution in [3.05, 3.63) is 24.3 Å². The summed E-state index contributed by atoms with van der Waals surface area (Å²) >= 11 is 0. The van der Waals surface area contributed by atoms with E-state index in [0.29, 0.717) is 11.4 Å². The molecule has 1 atom stereocenters. The van der Waals surface area contributed by atoms with E-state index in [2.05, 4.69) is 10.6 Å². The lowest BCUT2D eigenvalue weighted by Gasteiger charge is -2.36. The molecule has 1 aromatic rings. The summed E-state index contributed by atoms with van der Waals surface area (Å²) in [7, 11) is 0. The third-order valence-electron chi connectivity index (χ3n) is 4.55. The number of amides is 2. The highest BCUT2D eigenvalue weighted by molar-refractivity contribution is 5.94. The average Bonchev–Trinajstić information content (AvgIpc) is 2.73. The van der Waals surface area contributed by atoms with Gasteiger partial charge in [-0.05, 0) is 45.0 Å². The van der Waals surface area contributed by atoms with Crippen LogP contribution in [0.4, 0.5) is 24.5 Å². The molecule has 2 N–H and O–H groups in total. The quantitative estimate of drug-likeness (QED) is 0.870. The third kappa shape index (κ3) is 4.72. The smallest absolute Gasteiger partial charge is 0.326 e. The van der Waals surface area contributed by atoms with Crippen LogP contribution in [-0.4, -0.2) is 41.5 Å². The Balaban J connectivity index is 2.00. The van der Waals surface area contributed by atoms with Gasteiger partial charge in [-0.15, -0.1) is 0 Å². The molecule has 0 aliphatic carbocycles. The van der Waals surface area contributed by atoms with E-state index in [1.54, 1.807) is 29.2 Å². The van der Waals surface area contributed by atoms with E-state index >= 15 is 0 Å². The van der Waals surface area contributed by atoms with Gasteiger partial charge in [0.25, 0.3) is 0 Å². The summed E-state index contributed by atoms with van der Waals surface area (Å²) in [6, 6.07) is 6.58. The molecule has 1 fully saturated rings. The summed E-state index contributed by atoms with van der Waals surface area (Å²) in [6.07, 6.45) is -4.29. The highest BCUT2D eigenvalue weighted by Gasteiger charge is 2.54. The molecule has 0 spiro atoms. The van der Waals surface area contributed by atoms with Crippen molar-refractivity contribution in [2.75, 3.05) is 23.7 Å². The predicted octanol–water partition coefficient (Wildman–Crippen LogP) is 3.25. The Morgan fingerprint density at radius 2 is 1.84 bits per heavy atom. The molecule has 0 aromatic heterocycles. The first-order chi connectivity index (χ1) is 11.5. The van der Waals surface area contributed by atoms with Crippen LogP contribution in [0.5, 0.6) is 0 Å². The van der Waals surface area contributed by atoms with Gasteiger partial charge < -0.3 is 10.6 Å². The van der Waals surface area contributed by atoms with Crippen LogP contribution in [0.2, 0.25) is 0 Å². The van der Waals surface area contributed by atoms with Crippen molar-refractivity contribution in [2.24, 2.45) is 5.92 Å². The summed E-state index contributed by atoms with van der Waals surface area (Å²) < 4.78 is 39.3. The van der Waals surface area contributed by atoms with Crippen LogP contribution in [0.1, 0.15) is 27.2 Å². The first kappa shape index (κ1) is 19.2. The molecule has 2 rings (SSSR count). The molecule has 0 bridgehead atoms. The number of nitrogens with one attached hydrogen (secondary N) is 2. The normalized spacial score (nSPS) is 20.3. The van der Waals surface area contributed by atoms with Crippen LogP contribution in [0, 0.1) is 5.92 Å². The molecule has 1 heterocycles. The van der Waals surface area contributed by atoms with E-state index in [1.165, 1.54) is 20.8 Å². The maximum Gasteiger partial charge on any atom is 0.393 e. The van der Waals surface area contributed by atoms with Gasteiger partial charge in [-0.2, -0.15) is 13.2 Å². The number of halogens is 3. The predicted molar refractivity (Wildman–Crippen MR) is 89.2 cm³/mol. The Morgan fingerprint density at radius 1 is 1.24 bits per heavy atom. The van der Waals surface area contributed by atoms with Gasteiger partial charge in [-0.1, -0.05) is 6.07 Å². The number of hydrogen-bond acceptors (Lipinski definition) is 3. The van der Waals surface area contributed by atoms with Crippen LogP contribution >= 0.6 is 0 Å². The maximum absolute atomic E-state index is 13.1. The fourth-order valence-corrected chi connectivity index (χ4v) is 3.25. The zero-order valence-corrected chi connectivity index (χ0v) is 14.4. The van der Waals surface area contributed by atoms with E-state index in [-0.39, 0.29) is 25.4 Å². The molecule has 0 unspecified atom stereocenters. The molecule has 1 saturated heterocycles. The minimum atomic E-state index is -4.28. The molecule has 1 aliphatic heterocycles. The van der Waals surface area contributed by atoms with Crippen molar-refractivity contribution in [3.8, 4) is 0 Å². The summed E-state index contributed by atoms with van der Waals surface area (Å²) in [5.74, 6) is -2.08. The Labute approximate surface area is 144 Å². The van der Waals surface area contributed by atoms with Gasteiger partial charge in [0.15, 0.2) is 0 Å². The number of rotatable bonds is 4. The minimum Gasteiger partial charge on any atom is -0.326 e. The van der Waals surface area contributed by atoms with Gasteiger partial charge in [0.2, 0.25) is 11.8 Å². The van der Waals surface area contributed by atoms with Crippen molar-refractivity contribution in [1.29, 1.82) is 0 Å². The number of likely N-dealkylation sites (tertiary alicyclic amines) is 1. The number of carbonyl (C=O) groups is 2. The number of hydrogen-bond donors (Lipinski definition) is 2. The minimum absolute atomic E-state index is 0.0121. The van der Waals surface area contributed by atoms with Gasteiger partial charge in [-0.3, -0.25) is 14.5 Å². The van der Waals surface area contributed by atoms with Gasteiger partial charge in [0.05, 0.1) is 12.5 Å². The van der Waals surface area contributed by atoms with Crippen LogP contribution in [0.25, 0.3) is 0 Å². The summed E-state index contributed by atoms with van der Waals surface area (Å²) in [5, 5.41) is 5.26. The second-order valence-corrected chi connectivity index (χ2v) is 6.77. The van der Waals surface area contributed by atoms with Crippen molar-refractivity contribution in [1.82, 2.24) is 4.90 Å². The molecule has 0 saturated carbocycles. The SMILES string of the molecule is CC(=O)Nc1cccc(NC(=O)CN2CC[C@H](C(F)(F)F)C2(C)C)c1. The fraction of sp³-hybridized carbons (Fsp3) is 0.529. The molecule has 1 aliphatic rings. The standard InChI is InChI=1S/C17H22F3N3O2/c1-11(24)21-12-5-4-6-13(9-12)22-15(25)10-23-8-7-14(16(23,2)3)17(18,19)20/h4-6,9,14H,7-8,10H2,1-3H3,(H,21,24)(H,22,25)/t14-/m0/s1. The molecule has 8 heteroatoms. The van der Waals surface area contributed by atoms with Gasteiger partial charge in [0.1, 0.15) is 0 Å². The second kappa shape index (κ2) is 7.03. The summed E-state index contributed by atoms with van der Waals surface area (Å²) in [4.78, 5) is 24.8. The summed E-state index contributed by atoms with van der Waals surface area (Å²) in [6.45, 7) is 4.50. The fourth-order valence-electron chi connectivity index (χ4n) is 3.25. The second-order valence-electron chi connectivity index (χ2n) is 6.77. The van der Waals surface area contributed by atoms with Crippen LogP contribution in [0.15, 0.2) is 24.3 Å². The molecule has 138 valence electrons. The first-order valence-electron chi connectivity index (χ1n) is 7.99. The Morgan fingerprint density at radius 3 is 2.36 bits per heavy atom. The molecule has 0 radical (unpaired) electrons. The number of anilines is 2. The Kier molecular flexibility index (Phi) is 5.41. The van der Waals surface area contributed by atoms with Gasteiger partial charge in [0, 0.05) is 23.8 Å². The zero-order chi connectivity index (χ0) is 18.8. The number of nitrogens with zero attached hydrogens (tertiary/aromatic N) is 1. The van der Waals surface area contributed by atoms with E-state index in [9.17, 15) is 22.8 Å². The Hall–Kier alpha value is -2.09. The largest absolute Gasteiger partial charge is 0.393 e.